The highest BCUT2D eigenvalue weighted by molar-refractivity contribution is 5.28. The Labute approximate surface area is 64.8 Å². The number of nitrogens with two attached hydrogens (primary N) is 1. The van der Waals surface area contributed by atoms with Gasteiger partial charge in [0.1, 0.15) is 5.75 Å². The number of benzene rings is 1. The Balaban J connectivity index is 2.74. The van der Waals surface area contributed by atoms with Crippen molar-refractivity contribution in [1.29, 1.82) is 0 Å². The van der Waals surface area contributed by atoms with Gasteiger partial charge >= 0.3 is 0 Å². The zero-order chi connectivity index (χ0) is 8.10. The number of alkyl halides is 1. The Morgan fingerprint density at radius 3 is 2.91 bits per heavy atom. The lowest BCUT2D eigenvalue weighted by atomic mass is 10.2. The molecule has 2 nitrogen and oxygen atoms in total. The SMILES string of the molecule is NCc1cccc(OCF)c1. The highest BCUT2D eigenvalue weighted by Crippen LogP contribution is 2.12. The molecule has 2 N–H and O–H groups in total. The first-order chi connectivity index (χ1) is 5.36. The van der Waals surface area contributed by atoms with E-state index in [2.05, 4.69) is 4.74 Å². The monoisotopic (exact) mass is 155 g/mol. The van der Waals surface area contributed by atoms with Gasteiger partial charge in [-0.1, -0.05) is 12.1 Å². The van der Waals surface area contributed by atoms with Crippen LogP contribution in [0.1, 0.15) is 5.56 Å². The topological polar surface area (TPSA) is 35.2 Å². The predicted octanol–water partition coefficient (Wildman–Crippen LogP) is 1.45. The molecule has 0 aliphatic rings. The van der Waals surface area contributed by atoms with Gasteiger partial charge in [0.25, 0.3) is 0 Å². The lowest BCUT2D eigenvalue weighted by Gasteiger charge is -2.01. The molecule has 11 heavy (non-hydrogen) atoms. The highest BCUT2D eigenvalue weighted by atomic mass is 19.1. The van der Waals surface area contributed by atoms with Crippen molar-refractivity contribution in [1.82, 2.24) is 0 Å². The van der Waals surface area contributed by atoms with E-state index in [0.717, 1.165) is 5.56 Å². The summed E-state index contributed by atoms with van der Waals surface area (Å²) in [5.41, 5.74) is 6.31. The molecule has 0 saturated carbocycles. The minimum atomic E-state index is -0.798. The van der Waals surface area contributed by atoms with Gasteiger partial charge in [-0.15, -0.1) is 0 Å². The lowest BCUT2D eigenvalue weighted by molar-refractivity contribution is 0.191. The Hall–Kier alpha value is -1.09. The van der Waals surface area contributed by atoms with E-state index in [4.69, 9.17) is 5.73 Å². The third-order valence-electron chi connectivity index (χ3n) is 1.36. The Morgan fingerprint density at radius 1 is 1.45 bits per heavy atom. The van der Waals surface area contributed by atoms with Crippen LogP contribution in [0.5, 0.6) is 5.75 Å². The van der Waals surface area contributed by atoms with Crippen LogP contribution in [0.2, 0.25) is 0 Å². The molecule has 1 aromatic rings. The second-order valence-electron chi connectivity index (χ2n) is 2.10. The second-order valence-corrected chi connectivity index (χ2v) is 2.10. The first-order valence-corrected chi connectivity index (χ1v) is 3.34. The van der Waals surface area contributed by atoms with Crippen LogP contribution in [0.15, 0.2) is 24.3 Å². The van der Waals surface area contributed by atoms with Gasteiger partial charge in [-0.05, 0) is 17.7 Å². The molecule has 0 fully saturated rings. The molecule has 0 aliphatic heterocycles. The van der Waals surface area contributed by atoms with Crippen molar-refractivity contribution in [2.45, 2.75) is 6.54 Å². The lowest BCUT2D eigenvalue weighted by Crippen LogP contribution is -1.97. The molecule has 0 spiro atoms. The molecule has 0 aliphatic carbocycles. The molecule has 1 rings (SSSR count). The Morgan fingerprint density at radius 2 is 2.27 bits per heavy atom. The number of hydrogen-bond donors (Lipinski definition) is 1. The minimum Gasteiger partial charge on any atom is -0.463 e. The van der Waals surface area contributed by atoms with Crippen LogP contribution in [-0.4, -0.2) is 6.86 Å². The zero-order valence-electron chi connectivity index (χ0n) is 6.09. The van der Waals surface area contributed by atoms with Crippen LogP contribution in [0.4, 0.5) is 4.39 Å². The van der Waals surface area contributed by atoms with E-state index in [-0.39, 0.29) is 0 Å². The Kier molecular flexibility index (Phi) is 2.86. The molecule has 0 bridgehead atoms. The molecule has 0 saturated heterocycles. The van der Waals surface area contributed by atoms with Crippen LogP contribution in [-0.2, 0) is 6.54 Å². The summed E-state index contributed by atoms with van der Waals surface area (Å²) in [5, 5.41) is 0. The van der Waals surface area contributed by atoms with Gasteiger partial charge in [0.2, 0.25) is 6.86 Å². The number of rotatable bonds is 3. The summed E-state index contributed by atoms with van der Waals surface area (Å²) >= 11 is 0. The van der Waals surface area contributed by atoms with Gasteiger partial charge in [0.15, 0.2) is 0 Å². The van der Waals surface area contributed by atoms with E-state index < -0.39 is 6.86 Å². The molecule has 0 unspecified atom stereocenters. The molecule has 0 aromatic heterocycles. The summed E-state index contributed by atoms with van der Waals surface area (Å²) in [6.45, 7) is -0.350. The van der Waals surface area contributed by atoms with Crippen molar-refractivity contribution in [3.05, 3.63) is 29.8 Å². The summed E-state index contributed by atoms with van der Waals surface area (Å²) < 4.78 is 16.3. The quantitative estimate of drug-likeness (QED) is 0.717. The Bertz CT molecular complexity index is 227. The number of hydrogen-bond acceptors (Lipinski definition) is 2. The van der Waals surface area contributed by atoms with Gasteiger partial charge in [-0.3, -0.25) is 0 Å². The van der Waals surface area contributed by atoms with Crippen molar-refractivity contribution >= 4 is 0 Å². The van der Waals surface area contributed by atoms with Crippen LogP contribution in [0.25, 0.3) is 0 Å². The second kappa shape index (κ2) is 3.93. The smallest absolute Gasteiger partial charge is 0.228 e. The van der Waals surface area contributed by atoms with Crippen molar-refractivity contribution in [3.63, 3.8) is 0 Å². The first-order valence-electron chi connectivity index (χ1n) is 3.34. The summed E-state index contributed by atoms with van der Waals surface area (Å²) in [6, 6.07) is 7.07. The average Bonchev–Trinajstić information content (AvgIpc) is 2.06. The van der Waals surface area contributed by atoms with Crippen LogP contribution >= 0.6 is 0 Å². The molecule has 0 radical (unpaired) electrons. The normalized spacial score (nSPS) is 9.64. The maximum absolute atomic E-state index is 11.7. The molecular formula is C8H10FNO. The van der Waals surface area contributed by atoms with E-state index in [1.807, 2.05) is 6.07 Å². The van der Waals surface area contributed by atoms with E-state index >= 15 is 0 Å². The summed E-state index contributed by atoms with van der Waals surface area (Å²) in [7, 11) is 0. The molecule has 3 heteroatoms. The van der Waals surface area contributed by atoms with E-state index in [9.17, 15) is 4.39 Å². The number of halogens is 1. The van der Waals surface area contributed by atoms with Crippen LogP contribution < -0.4 is 10.5 Å². The molecule has 60 valence electrons. The molecule has 1 aromatic carbocycles. The van der Waals surface area contributed by atoms with Crippen LogP contribution in [0.3, 0.4) is 0 Å². The molecule has 0 heterocycles. The van der Waals surface area contributed by atoms with Crippen molar-refractivity contribution in [3.8, 4) is 5.75 Å². The maximum atomic E-state index is 11.7. The van der Waals surface area contributed by atoms with Gasteiger partial charge in [0.05, 0.1) is 0 Å². The van der Waals surface area contributed by atoms with Crippen molar-refractivity contribution in [2.24, 2.45) is 5.73 Å². The largest absolute Gasteiger partial charge is 0.463 e. The maximum Gasteiger partial charge on any atom is 0.228 e. The third kappa shape index (κ3) is 2.20. The summed E-state index contributed by atoms with van der Waals surface area (Å²) in [5.74, 6) is 0.524. The molecule has 0 atom stereocenters. The van der Waals surface area contributed by atoms with Crippen LogP contribution in [0, 0.1) is 0 Å². The third-order valence-corrected chi connectivity index (χ3v) is 1.36. The van der Waals surface area contributed by atoms with Gasteiger partial charge in [-0.25, -0.2) is 4.39 Å². The standard InChI is InChI=1S/C8H10FNO/c9-6-11-8-3-1-2-7(4-8)5-10/h1-4H,5-6,10H2. The van der Waals surface area contributed by atoms with Gasteiger partial charge in [0, 0.05) is 6.54 Å². The van der Waals surface area contributed by atoms with Crippen molar-refractivity contribution in [2.75, 3.05) is 6.86 Å². The van der Waals surface area contributed by atoms with E-state index in [0.29, 0.717) is 12.3 Å². The van der Waals surface area contributed by atoms with Gasteiger partial charge in [-0.2, -0.15) is 0 Å². The summed E-state index contributed by atoms with van der Waals surface area (Å²) in [6.07, 6.45) is 0. The van der Waals surface area contributed by atoms with E-state index in [1.54, 1.807) is 18.2 Å². The summed E-state index contributed by atoms with van der Waals surface area (Å²) in [4.78, 5) is 0. The fourth-order valence-electron chi connectivity index (χ4n) is 0.825. The minimum absolute atomic E-state index is 0.448. The molecule has 0 amide bonds. The van der Waals surface area contributed by atoms with Gasteiger partial charge < -0.3 is 10.5 Å². The number of ether oxygens (including phenoxy) is 1. The van der Waals surface area contributed by atoms with E-state index in [1.165, 1.54) is 0 Å². The predicted molar refractivity (Wildman–Crippen MR) is 40.9 cm³/mol. The molecular weight excluding hydrogens is 145 g/mol. The first kappa shape index (κ1) is 8.01. The average molecular weight is 155 g/mol. The fraction of sp³-hybridized carbons (Fsp3) is 0.250. The fourth-order valence-corrected chi connectivity index (χ4v) is 0.825. The van der Waals surface area contributed by atoms with Crippen molar-refractivity contribution < 1.29 is 9.13 Å². The zero-order valence-corrected chi connectivity index (χ0v) is 6.09. The highest BCUT2D eigenvalue weighted by Gasteiger charge is 1.93.